The van der Waals surface area contributed by atoms with E-state index in [1.165, 1.54) is 5.57 Å². The maximum Gasteiger partial charge on any atom is 0.128 e. The molecule has 0 fully saturated rings. The molecule has 0 saturated heterocycles. The number of nitrogens with one attached hydrogen (secondary N) is 1. The third-order valence-electron chi connectivity index (χ3n) is 1.47. The Balaban J connectivity index is 2.57. The summed E-state index contributed by atoms with van der Waals surface area (Å²) in [5, 5.41) is 11.5. The lowest BCUT2D eigenvalue weighted by Crippen LogP contribution is -2.73. The molecule has 60 valence electrons. The van der Waals surface area contributed by atoms with Gasteiger partial charge < -0.3 is 5.32 Å². The fraction of sp³-hybridized carbons (Fsp3) is 0.250. The third kappa shape index (κ3) is 2.57. The minimum Gasteiger partial charge on any atom is -0.387 e. The lowest BCUT2D eigenvalue weighted by Gasteiger charge is -1.92. The topological polar surface area (TPSA) is 48.9 Å². The molecule has 1 rings (SSSR count). The van der Waals surface area contributed by atoms with Crippen LogP contribution >= 0.6 is 0 Å². The lowest BCUT2D eigenvalue weighted by atomic mass is 10.2. The predicted octanol–water partition coefficient (Wildman–Crippen LogP) is -0.114. The van der Waals surface area contributed by atoms with Crippen molar-refractivity contribution in [3.05, 3.63) is 35.7 Å². The molecule has 0 spiro atoms. The third-order valence-corrected chi connectivity index (χ3v) is 1.47. The van der Waals surface area contributed by atoms with Crippen LogP contribution in [0.5, 0.6) is 0 Å². The maximum absolute atomic E-state index is 8.45. The zero-order valence-corrected chi connectivity index (χ0v) is 6.54. The van der Waals surface area contributed by atoms with Gasteiger partial charge in [-0.05, 0) is 30.8 Å². The summed E-state index contributed by atoms with van der Waals surface area (Å²) in [5.41, 5.74) is 3.34. The molecule has 3 heteroatoms. The number of hydrogen-bond acceptors (Lipinski definition) is 2. The summed E-state index contributed by atoms with van der Waals surface area (Å²) in [6.07, 6.45) is 7.64. The first-order valence-electron chi connectivity index (χ1n) is 3.58. The van der Waals surface area contributed by atoms with Crippen molar-refractivity contribution in [1.29, 1.82) is 0 Å². The Labute approximate surface area is 66.1 Å². The predicted molar refractivity (Wildman–Crippen MR) is 42.7 cm³/mol. The molecule has 0 bridgehead atoms. The molecule has 0 saturated carbocycles. The average Bonchev–Trinajstić information content (AvgIpc) is 2.40. The summed E-state index contributed by atoms with van der Waals surface area (Å²) in [4.78, 5) is 0. The summed E-state index contributed by atoms with van der Waals surface area (Å²) in [7, 11) is 0. The van der Waals surface area contributed by atoms with Crippen molar-refractivity contribution in [2.75, 3.05) is 6.54 Å². The molecular formula is C8H13N2O+. The van der Waals surface area contributed by atoms with Crippen molar-refractivity contribution in [2.24, 2.45) is 0 Å². The maximum atomic E-state index is 8.45. The molecule has 0 radical (unpaired) electrons. The first-order chi connectivity index (χ1) is 5.33. The Bertz CT molecular complexity index is 216. The van der Waals surface area contributed by atoms with E-state index in [0.29, 0.717) is 0 Å². The van der Waals surface area contributed by atoms with Gasteiger partial charge in [0.15, 0.2) is 0 Å². The second kappa shape index (κ2) is 3.95. The number of nitrogens with two attached hydrogens (primary N) is 1. The highest BCUT2D eigenvalue weighted by Crippen LogP contribution is 2.04. The van der Waals surface area contributed by atoms with Crippen LogP contribution in [0.3, 0.4) is 0 Å². The van der Waals surface area contributed by atoms with Crippen molar-refractivity contribution in [3.8, 4) is 0 Å². The molecule has 3 nitrogen and oxygen atoms in total. The first kappa shape index (κ1) is 8.04. The van der Waals surface area contributed by atoms with Gasteiger partial charge in [-0.25, -0.2) is 5.21 Å². The molecule has 0 aromatic carbocycles. The smallest absolute Gasteiger partial charge is 0.128 e. The SMILES string of the molecule is CC(=C/[NH2+]O)/C=C1/C=CNC1. The molecule has 0 unspecified atom stereocenters. The van der Waals surface area contributed by atoms with Gasteiger partial charge in [-0.2, -0.15) is 5.48 Å². The summed E-state index contributed by atoms with van der Waals surface area (Å²) in [5.74, 6) is 0. The van der Waals surface area contributed by atoms with Gasteiger partial charge in [0.2, 0.25) is 0 Å². The van der Waals surface area contributed by atoms with Gasteiger partial charge in [-0.15, -0.1) is 0 Å². The van der Waals surface area contributed by atoms with Crippen LogP contribution in [0.1, 0.15) is 6.92 Å². The van der Waals surface area contributed by atoms with E-state index in [1.807, 2.05) is 25.3 Å². The molecular weight excluding hydrogens is 140 g/mol. The minimum absolute atomic E-state index is 0.886. The first-order valence-corrected chi connectivity index (χ1v) is 3.58. The van der Waals surface area contributed by atoms with Crippen LogP contribution in [0.15, 0.2) is 35.7 Å². The van der Waals surface area contributed by atoms with Gasteiger partial charge in [-0.3, -0.25) is 0 Å². The molecule has 0 aliphatic carbocycles. The number of hydroxylamine groups is 1. The van der Waals surface area contributed by atoms with Crippen LogP contribution in [0.25, 0.3) is 0 Å². The van der Waals surface area contributed by atoms with Crippen LogP contribution in [0.2, 0.25) is 0 Å². The largest absolute Gasteiger partial charge is 0.387 e. The molecule has 1 heterocycles. The molecule has 1 aliphatic rings. The van der Waals surface area contributed by atoms with Gasteiger partial charge in [0, 0.05) is 12.1 Å². The molecule has 0 aromatic rings. The van der Waals surface area contributed by atoms with Crippen molar-refractivity contribution >= 4 is 0 Å². The highest BCUT2D eigenvalue weighted by atomic mass is 16.5. The Morgan fingerprint density at radius 1 is 1.82 bits per heavy atom. The van der Waals surface area contributed by atoms with Crippen LogP contribution in [-0.4, -0.2) is 11.8 Å². The average molecular weight is 153 g/mol. The van der Waals surface area contributed by atoms with E-state index in [4.69, 9.17) is 5.21 Å². The van der Waals surface area contributed by atoms with Gasteiger partial charge >= 0.3 is 0 Å². The summed E-state index contributed by atoms with van der Waals surface area (Å²) >= 11 is 0. The molecule has 4 N–H and O–H groups in total. The monoisotopic (exact) mass is 153 g/mol. The molecule has 0 atom stereocenters. The van der Waals surface area contributed by atoms with Crippen LogP contribution in [0.4, 0.5) is 0 Å². The Hall–Kier alpha value is -1.06. The van der Waals surface area contributed by atoms with E-state index in [-0.39, 0.29) is 0 Å². The fourth-order valence-corrected chi connectivity index (χ4v) is 0.959. The molecule has 0 aromatic heterocycles. The van der Waals surface area contributed by atoms with Crippen LogP contribution < -0.4 is 10.8 Å². The van der Waals surface area contributed by atoms with E-state index < -0.39 is 0 Å². The second-order valence-electron chi connectivity index (χ2n) is 2.49. The van der Waals surface area contributed by atoms with Crippen LogP contribution in [0, 0.1) is 0 Å². The highest BCUT2D eigenvalue weighted by molar-refractivity contribution is 5.32. The van der Waals surface area contributed by atoms with E-state index in [0.717, 1.165) is 17.6 Å². The number of rotatable bonds is 2. The summed E-state index contributed by atoms with van der Waals surface area (Å²) < 4.78 is 0. The fourth-order valence-electron chi connectivity index (χ4n) is 0.959. The summed E-state index contributed by atoms with van der Waals surface area (Å²) in [6, 6.07) is 0. The van der Waals surface area contributed by atoms with Gasteiger partial charge in [0.05, 0.1) is 0 Å². The molecule has 1 aliphatic heterocycles. The van der Waals surface area contributed by atoms with Crippen LogP contribution in [-0.2, 0) is 0 Å². The van der Waals surface area contributed by atoms with E-state index in [1.54, 1.807) is 6.20 Å². The zero-order chi connectivity index (χ0) is 8.10. The highest BCUT2D eigenvalue weighted by Gasteiger charge is 1.97. The van der Waals surface area contributed by atoms with Gasteiger partial charge in [0.1, 0.15) is 6.20 Å². The standard InChI is InChI=1S/C8H12N2O/c1-7(5-10-11)4-8-2-3-9-6-8/h2-5,9-11H,6H2,1H3/p+1/b7-5-,8-4-. The van der Waals surface area contributed by atoms with Crippen molar-refractivity contribution in [2.45, 2.75) is 6.92 Å². The van der Waals surface area contributed by atoms with Crippen molar-refractivity contribution in [3.63, 3.8) is 0 Å². The van der Waals surface area contributed by atoms with Gasteiger partial charge in [-0.1, -0.05) is 0 Å². The van der Waals surface area contributed by atoms with Crippen molar-refractivity contribution in [1.82, 2.24) is 5.32 Å². The molecule has 11 heavy (non-hydrogen) atoms. The molecule has 0 amide bonds. The Morgan fingerprint density at radius 2 is 2.64 bits per heavy atom. The van der Waals surface area contributed by atoms with E-state index in [2.05, 4.69) is 5.32 Å². The second-order valence-corrected chi connectivity index (χ2v) is 2.49. The van der Waals surface area contributed by atoms with Gasteiger partial charge in [0.25, 0.3) is 0 Å². The van der Waals surface area contributed by atoms with E-state index >= 15 is 0 Å². The minimum atomic E-state index is 0.886. The lowest BCUT2D eigenvalue weighted by molar-refractivity contribution is -0.838. The number of hydrogen-bond donors (Lipinski definition) is 3. The number of quaternary nitrogens is 1. The number of allylic oxidation sites excluding steroid dienone is 2. The summed E-state index contributed by atoms with van der Waals surface area (Å²) in [6.45, 7) is 2.84. The zero-order valence-electron chi connectivity index (χ0n) is 6.54. The normalized spacial score (nSPS) is 20.9. The Kier molecular flexibility index (Phi) is 2.89. The quantitative estimate of drug-likeness (QED) is 0.485. The van der Waals surface area contributed by atoms with Crippen molar-refractivity contribution < 1.29 is 10.7 Å². The van der Waals surface area contributed by atoms with E-state index in [9.17, 15) is 0 Å². The Morgan fingerprint density at radius 3 is 3.18 bits per heavy atom.